The summed E-state index contributed by atoms with van der Waals surface area (Å²) in [5.74, 6) is 1.61. The summed E-state index contributed by atoms with van der Waals surface area (Å²) in [5, 5.41) is 2.89. The van der Waals surface area contributed by atoms with Gasteiger partial charge in [-0.05, 0) is 119 Å². The summed E-state index contributed by atoms with van der Waals surface area (Å²) in [6.45, 7) is 3.64. The van der Waals surface area contributed by atoms with Crippen LogP contribution in [-0.2, 0) is 25.5 Å². The molecule has 1 aliphatic rings. The molecule has 0 bridgehead atoms. The lowest BCUT2D eigenvalue weighted by atomic mass is 9.91. The molecule has 3 aromatic carbocycles. The predicted molar refractivity (Wildman–Crippen MR) is 213 cm³/mol. The molecule has 3 atom stereocenters. The molecule has 4 rings (SSSR count). The van der Waals surface area contributed by atoms with Gasteiger partial charge in [0.15, 0.2) is 29.6 Å². The minimum Gasteiger partial charge on any atom is -0.493 e. The quantitative estimate of drug-likeness (QED) is 0.101. The van der Waals surface area contributed by atoms with Gasteiger partial charge in [-0.1, -0.05) is 25.1 Å². The molecular weight excluding hydrogens is 718 g/mol. The van der Waals surface area contributed by atoms with Crippen LogP contribution in [0, 0.1) is 0 Å². The minimum atomic E-state index is -0.772. The highest BCUT2D eigenvalue weighted by Crippen LogP contribution is 2.41. The van der Waals surface area contributed by atoms with Crippen LogP contribution in [0.15, 0.2) is 54.6 Å². The van der Waals surface area contributed by atoms with Crippen molar-refractivity contribution < 1.29 is 47.5 Å². The van der Waals surface area contributed by atoms with E-state index < -0.39 is 24.0 Å². The zero-order valence-corrected chi connectivity index (χ0v) is 34.2. The molecule has 306 valence electrons. The van der Waals surface area contributed by atoms with Crippen molar-refractivity contribution >= 4 is 17.8 Å². The van der Waals surface area contributed by atoms with E-state index in [0.717, 1.165) is 31.4 Å². The molecule has 0 saturated carbocycles. The van der Waals surface area contributed by atoms with Crippen LogP contribution in [0.3, 0.4) is 0 Å². The maximum absolute atomic E-state index is 14.4. The number of rotatable bonds is 21. The van der Waals surface area contributed by atoms with E-state index in [1.54, 1.807) is 43.4 Å². The second kappa shape index (κ2) is 21.8. The zero-order valence-electron chi connectivity index (χ0n) is 34.2. The summed E-state index contributed by atoms with van der Waals surface area (Å²) in [4.78, 5) is 44.9. The van der Waals surface area contributed by atoms with Crippen LogP contribution in [0.5, 0.6) is 34.5 Å². The highest BCUT2D eigenvalue weighted by atomic mass is 16.5. The van der Waals surface area contributed by atoms with Crippen molar-refractivity contribution in [3.05, 3.63) is 71.3 Å². The van der Waals surface area contributed by atoms with Gasteiger partial charge in [-0.2, -0.15) is 0 Å². The first-order valence-corrected chi connectivity index (χ1v) is 19.2. The Morgan fingerprint density at radius 1 is 0.839 bits per heavy atom. The SMILES string of the molecule is CC[C@H](C(=O)N1CCCCC1C(=O)O[C@H](CCc1ccc(OC)c(OC)c1)c1cccc(OCC(=O)NCCCN(C)C)c1)c1cc(OC)c(OC)c(OC)c1. The Morgan fingerprint density at radius 3 is 2.20 bits per heavy atom. The number of aryl methyl sites for hydroxylation is 1. The van der Waals surface area contributed by atoms with Gasteiger partial charge in [0.2, 0.25) is 11.7 Å². The smallest absolute Gasteiger partial charge is 0.329 e. The largest absolute Gasteiger partial charge is 0.493 e. The van der Waals surface area contributed by atoms with Gasteiger partial charge in [0.25, 0.3) is 5.91 Å². The van der Waals surface area contributed by atoms with Gasteiger partial charge in [-0.3, -0.25) is 9.59 Å². The topological polar surface area (TPSA) is 134 Å². The van der Waals surface area contributed by atoms with Gasteiger partial charge >= 0.3 is 5.97 Å². The fourth-order valence-electron chi connectivity index (χ4n) is 6.97. The van der Waals surface area contributed by atoms with Gasteiger partial charge < -0.3 is 48.3 Å². The number of amides is 2. The molecule has 1 aliphatic heterocycles. The van der Waals surface area contributed by atoms with Crippen LogP contribution >= 0.6 is 0 Å². The number of benzene rings is 3. The van der Waals surface area contributed by atoms with E-state index in [9.17, 15) is 14.4 Å². The number of esters is 1. The van der Waals surface area contributed by atoms with Crippen LogP contribution in [-0.4, -0.2) is 110 Å². The lowest BCUT2D eigenvalue weighted by Gasteiger charge is -2.37. The van der Waals surface area contributed by atoms with Crippen molar-refractivity contribution in [2.75, 3.05) is 75.9 Å². The molecule has 0 aliphatic carbocycles. The molecule has 56 heavy (non-hydrogen) atoms. The standard InChI is InChI=1S/C43H59N3O10/c1-9-33(31-26-38(52-6)41(54-8)39(27-31)53-7)42(48)46-23-11-10-16-34(46)43(49)56-35(19-17-29-18-20-36(50-4)37(24-29)51-5)30-14-12-15-32(25-30)55-28-40(47)44-21-13-22-45(2)3/h12,14-15,18,20,24-27,33-35H,9-11,13,16-17,19,21-23,28H2,1-8H3,(H,44,47)/t33-,34?,35+/m0/s1. The first kappa shape index (κ1) is 43.6. The van der Waals surface area contributed by atoms with Crippen LogP contribution in [0.1, 0.15) is 74.2 Å². The third kappa shape index (κ3) is 11.7. The van der Waals surface area contributed by atoms with Crippen molar-refractivity contribution in [3.63, 3.8) is 0 Å². The summed E-state index contributed by atoms with van der Waals surface area (Å²) < 4.78 is 39.9. The molecule has 1 fully saturated rings. The molecule has 13 nitrogen and oxygen atoms in total. The first-order valence-electron chi connectivity index (χ1n) is 19.2. The van der Waals surface area contributed by atoms with Crippen LogP contribution in [0.4, 0.5) is 0 Å². The van der Waals surface area contributed by atoms with Gasteiger partial charge in [0, 0.05) is 13.1 Å². The highest BCUT2D eigenvalue weighted by molar-refractivity contribution is 5.89. The summed E-state index contributed by atoms with van der Waals surface area (Å²) in [6.07, 6.45) is 3.64. The molecule has 0 spiro atoms. The van der Waals surface area contributed by atoms with E-state index >= 15 is 0 Å². The van der Waals surface area contributed by atoms with Crippen molar-refractivity contribution in [1.82, 2.24) is 15.1 Å². The Bertz CT molecular complexity index is 1720. The van der Waals surface area contributed by atoms with E-state index in [4.69, 9.17) is 33.2 Å². The summed E-state index contributed by atoms with van der Waals surface area (Å²) >= 11 is 0. The number of ether oxygens (including phenoxy) is 7. The number of methoxy groups -OCH3 is 5. The number of hydrogen-bond acceptors (Lipinski definition) is 11. The Kier molecular flexibility index (Phi) is 17.0. The lowest BCUT2D eigenvalue weighted by Crippen LogP contribution is -2.50. The number of hydrogen-bond donors (Lipinski definition) is 1. The van der Waals surface area contributed by atoms with E-state index in [1.807, 2.05) is 51.4 Å². The molecule has 0 aromatic heterocycles. The maximum atomic E-state index is 14.4. The van der Waals surface area contributed by atoms with Crippen LogP contribution < -0.4 is 33.7 Å². The molecule has 2 amide bonds. The van der Waals surface area contributed by atoms with Gasteiger partial charge in [0.1, 0.15) is 17.9 Å². The number of nitrogens with one attached hydrogen (secondary N) is 1. The van der Waals surface area contributed by atoms with E-state index in [0.29, 0.717) is 84.4 Å². The fourth-order valence-corrected chi connectivity index (χ4v) is 6.97. The number of piperidine rings is 1. The molecule has 0 radical (unpaired) electrons. The second-order valence-electron chi connectivity index (χ2n) is 14.0. The highest BCUT2D eigenvalue weighted by Gasteiger charge is 2.38. The van der Waals surface area contributed by atoms with Crippen LogP contribution in [0.2, 0.25) is 0 Å². The number of nitrogens with zero attached hydrogens (tertiary/aromatic N) is 2. The summed E-state index contributed by atoms with van der Waals surface area (Å²) in [5.41, 5.74) is 2.38. The average molecular weight is 778 g/mol. The maximum Gasteiger partial charge on any atom is 0.329 e. The lowest BCUT2D eigenvalue weighted by molar-refractivity contribution is -0.162. The second-order valence-corrected chi connectivity index (χ2v) is 14.0. The monoisotopic (exact) mass is 777 g/mol. The van der Waals surface area contributed by atoms with Crippen LogP contribution in [0.25, 0.3) is 0 Å². The van der Waals surface area contributed by atoms with Gasteiger partial charge in [0.05, 0.1) is 41.5 Å². The van der Waals surface area contributed by atoms with Crippen molar-refractivity contribution in [2.45, 2.75) is 69.9 Å². The van der Waals surface area contributed by atoms with E-state index in [1.165, 1.54) is 21.3 Å². The molecule has 13 heteroatoms. The Balaban J connectivity index is 1.57. The molecular formula is C43H59N3O10. The normalized spacial score (nSPS) is 15.0. The zero-order chi connectivity index (χ0) is 40.6. The predicted octanol–water partition coefficient (Wildman–Crippen LogP) is 5.97. The van der Waals surface area contributed by atoms with Crippen molar-refractivity contribution in [1.29, 1.82) is 0 Å². The molecule has 1 saturated heterocycles. The molecule has 1 heterocycles. The molecule has 3 aromatic rings. The fraction of sp³-hybridized carbons (Fsp3) is 0.512. The number of carbonyl (C=O) groups is 3. The van der Waals surface area contributed by atoms with Crippen molar-refractivity contribution in [2.24, 2.45) is 0 Å². The summed E-state index contributed by atoms with van der Waals surface area (Å²) in [7, 11) is 11.8. The van der Waals surface area contributed by atoms with Gasteiger partial charge in [-0.15, -0.1) is 0 Å². The Labute approximate surface area is 331 Å². The van der Waals surface area contributed by atoms with Gasteiger partial charge in [-0.25, -0.2) is 4.79 Å². The number of carbonyl (C=O) groups excluding carboxylic acids is 3. The summed E-state index contributed by atoms with van der Waals surface area (Å²) in [6, 6.07) is 15.8. The molecule has 1 N–H and O–H groups in total. The molecule has 1 unspecified atom stereocenters. The third-order valence-corrected chi connectivity index (χ3v) is 9.96. The average Bonchev–Trinajstić information content (AvgIpc) is 3.22. The third-order valence-electron chi connectivity index (χ3n) is 9.96. The van der Waals surface area contributed by atoms with E-state index in [-0.39, 0.29) is 18.4 Å². The Morgan fingerprint density at radius 2 is 1.55 bits per heavy atom. The minimum absolute atomic E-state index is 0.148. The Hall–Kier alpha value is -5.17. The number of likely N-dealkylation sites (tertiary alicyclic amines) is 1. The first-order chi connectivity index (χ1) is 27.1. The van der Waals surface area contributed by atoms with E-state index in [2.05, 4.69) is 10.2 Å². The van der Waals surface area contributed by atoms with Crippen molar-refractivity contribution in [3.8, 4) is 34.5 Å².